The summed E-state index contributed by atoms with van der Waals surface area (Å²) in [5.74, 6) is -1.06. The Kier molecular flexibility index (Phi) is 6.48. The zero-order chi connectivity index (χ0) is 11.9. The predicted molar refractivity (Wildman–Crippen MR) is 57.1 cm³/mol. The molecule has 0 aromatic carbocycles. The van der Waals surface area contributed by atoms with Gasteiger partial charge >= 0.3 is 13.6 Å². The molecule has 0 aliphatic carbocycles. The fourth-order valence-corrected chi connectivity index (χ4v) is 2.83. The maximum Gasteiger partial charge on any atom is 0.334 e. The Morgan fingerprint density at radius 3 is 2.13 bits per heavy atom. The molecule has 0 bridgehead atoms. The lowest BCUT2D eigenvalue weighted by atomic mass is 10.3. The molecule has 0 saturated carbocycles. The second-order valence-electron chi connectivity index (χ2n) is 2.93. The molecule has 0 aliphatic rings. The number of hydrogen-bond donors (Lipinski definition) is 1. The van der Waals surface area contributed by atoms with Crippen molar-refractivity contribution in [2.45, 2.75) is 20.8 Å². The minimum Gasteiger partial charge on any atom is -0.478 e. The molecule has 0 rings (SSSR count). The van der Waals surface area contributed by atoms with Crippen molar-refractivity contribution in [2.24, 2.45) is 0 Å². The van der Waals surface area contributed by atoms with Crippen LogP contribution in [0.2, 0.25) is 0 Å². The fourth-order valence-electron chi connectivity index (χ4n) is 1.08. The van der Waals surface area contributed by atoms with Crippen LogP contribution in [0.4, 0.5) is 0 Å². The largest absolute Gasteiger partial charge is 0.478 e. The first-order chi connectivity index (χ1) is 6.93. The second-order valence-corrected chi connectivity index (χ2v) is 4.99. The molecule has 0 fully saturated rings. The molecule has 0 radical (unpaired) electrons. The van der Waals surface area contributed by atoms with Crippen molar-refractivity contribution in [1.82, 2.24) is 0 Å². The molecule has 0 aromatic heterocycles. The molecule has 0 aromatic rings. The third-order valence-corrected chi connectivity index (χ3v) is 3.65. The molecule has 0 atom stereocenters. The van der Waals surface area contributed by atoms with Crippen molar-refractivity contribution in [3.63, 3.8) is 0 Å². The van der Waals surface area contributed by atoms with Crippen LogP contribution in [0, 0.1) is 0 Å². The van der Waals surface area contributed by atoms with E-state index in [-0.39, 0.29) is 19.4 Å². The molecule has 0 heterocycles. The van der Waals surface area contributed by atoms with E-state index in [1.807, 2.05) is 0 Å². The summed E-state index contributed by atoms with van der Waals surface area (Å²) >= 11 is 0. The number of hydrogen-bond acceptors (Lipinski definition) is 4. The smallest absolute Gasteiger partial charge is 0.334 e. The average molecular weight is 236 g/mol. The van der Waals surface area contributed by atoms with Gasteiger partial charge in [-0.15, -0.1) is 0 Å². The molecule has 1 N–H and O–H groups in total. The van der Waals surface area contributed by atoms with E-state index in [0.717, 1.165) is 6.08 Å². The standard InChI is InChI=1S/C9H17O5P/c1-4-13-15(12,14-5-2)7-8(3)6-9(10)11/h6H,4-5,7H2,1-3H3,(H,10,11). The summed E-state index contributed by atoms with van der Waals surface area (Å²) in [5, 5.41) is 8.49. The number of carboxylic acid groups (broad SMARTS) is 1. The highest BCUT2D eigenvalue weighted by atomic mass is 31.2. The van der Waals surface area contributed by atoms with Gasteiger partial charge in [0.25, 0.3) is 0 Å². The van der Waals surface area contributed by atoms with Crippen LogP contribution in [0.25, 0.3) is 0 Å². The Hall–Kier alpha value is -0.640. The van der Waals surface area contributed by atoms with Gasteiger partial charge in [0.2, 0.25) is 0 Å². The molecular weight excluding hydrogens is 219 g/mol. The maximum absolute atomic E-state index is 11.9. The van der Waals surface area contributed by atoms with E-state index in [2.05, 4.69) is 0 Å². The van der Waals surface area contributed by atoms with Crippen LogP contribution in [0.15, 0.2) is 11.6 Å². The van der Waals surface area contributed by atoms with E-state index in [1.165, 1.54) is 0 Å². The second kappa shape index (κ2) is 6.77. The van der Waals surface area contributed by atoms with Gasteiger partial charge < -0.3 is 14.2 Å². The lowest BCUT2D eigenvalue weighted by Gasteiger charge is -2.16. The van der Waals surface area contributed by atoms with Gasteiger partial charge in [-0.3, -0.25) is 4.57 Å². The van der Waals surface area contributed by atoms with Crippen molar-refractivity contribution in [3.8, 4) is 0 Å². The van der Waals surface area contributed by atoms with Gasteiger partial charge in [-0.25, -0.2) is 4.79 Å². The van der Waals surface area contributed by atoms with Crippen molar-refractivity contribution >= 4 is 13.6 Å². The van der Waals surface area contributed by atoms with Gasteiger partial charge in [0, 0.05) is 6.08 Å². The van der Waals surface area contributed by atoms with E-state index in [9.17, 15) is 9.36 Å². The van der Waals surface area contributed by atoms with Crippen LogP contribution in [-0.4, -0.2) is 30.5 Å². The van der Waals surface area contributed by atoms with Crippen LogP contribution in [0.1, 0.15) is 20.8 Å². The molecule has 0 aliphatic heterocycles. The Morgan fingerprint density at radius 1 is 1.33 bits per heavy atom. The van der Waals surface area contributed by atoms with Gasteiger partial charge in [0.05, 0.1) is 19.4 Å². The number of allylic oxidation sites excluding steroid dienone is 1. The first-order valence-corrected chi connectivity index (χ1v) is 6.44. The van der Waals surface area contributed by atoms with Crippen molar-refractivity contribution < 1.29 is 23.5 Å². The summed E-state index contributed by atoms with van der Waals surface area (Å²) < 4.78 is 22.0. The summed E-state index contributed by atoms with van der Waals surface area (Å²) in [7, 11) is -3.16. The van der Waals surface area contributed by atoms with Crippen LogP contribution in [0.5, 0.6) is 0 Å². The van der Waals surface area contributed by atoms with Crippen LogP contribution < -0.4 is 0 Å². The SMILES string of the molecule is CCOP(=O)(CC(C)=CC(=O)O)OCC. The molecule has 0 saturated heterocycles. The number of carboxylic acids is 1. The van der Waals surface area contributed by atoms with Gasteiger partial charge in [0.15, 0.2) is 0 Å². The van der Waals surface area contributed by atoms with Gasteiger partial charge in [-0.2, -0.15) is 0 Å². The molecule has 88 valence electrons. The van der Waals surface area contributed by atoms with E-state index < -0.39 is 13.6 Å². The minimum atomic E-state index is -3.16. The van der Waals surface area contributed by atoms with Crippen molar-refractivity contribution in [1.29, 1.82) is 0 Å². The number of aliphatic carboxylic acids is 1. The maximum atomic E-state index is 11.9. The molecule has 6 heteroatoms. The van der Waals surface area contributed by atoms with Gasteiger partial charge in [-0.1, -0.05) is 5.57 Å². The van der Waals surface area contributed by atoms with Gasteiger partial charge in [-0.05, 0) is 20.8 Å². The Morgan fingerprint density at radius 2 is 1.80 bits per heavy atom. The number of carbonyl (C=O) groups is 1. The number of rotatable bonds is 7. The minimum absolute atomic E-state index is 0.0149. The van der Waals surface area contributed by atoms with Crippen LogP contribution >= 0.6 is 7.60 Å². The fraction of sp³-hybridized carbons (Fsp3) is 0.667. The lowest BCUT2D eigenvalue weighted by molar-refractivity contribution is -0.131. The average Bonchev–Trinajstić information content (AvgIpc) is 2.01. The zero-order valence-corrected chi connectivity index (χ0v) is 10.1. The summed E-state index contributed by atoms with van der Waals surface area (Å²) in [5.41, 5.74) is 0.465. The third-order valence-electron chi connectivity index (χ3n) is 1.46. The van der Waals surface area contributed by atoms with Crippen LogP contribution in [-0.2, 0) is 18.4 Å². The zero-order valence-electron chi connectivity index (χ0n) is 9.23. The van der Waals surface area contributed by atoms with Crippen molar-refractivity contribution in [3.05, 3.63) is 11.6 Å². The lowest BCUT2D eigenvalue weighted by Crippen LogP contribution is -2.02. The van der Waals surface area contributed by atoms with E-state index in [4.69, 9.17) is 14.2 Å². The summed E-state index contributed by atoms with van der Waals surface area (Å²) in [6, 6.07) is 0. The summed E-state index contributed by atoms with van der Waals surface area (Å²) in [6.07, 6.45) is 1.02. The molecule has 5 nitrogen and oxygen atoms in total. The first kappa shape index (κ1) is 14.4. The summed E-state index contributed by atoms with van der Waals surface area (Å²) in [4.78, 5) is 10.4. The normalized spacial score (nSPS) is 12.9. The summed E-state index contributed by atoms with van der Waals surface area (Å²) in [6.45, 7) is 5.55. The Bertz CT molecular complexity index is 274. The quantitative estimate of drug-likeness (QED) is 0.542. The molecular formula is C9H17O5P. The highest BCUT2D eigenvalue weighted by Gasteiger charge is 2.23. The Labute approximate surface area is 89.6 Å². The Balaban J connectivity index is 4.54. The van der Waals surface area contributed by atoms with Gasteiger partial charge in [0.1, 0.15) is 0 Å². The van der Waals surface area contributed by atoms with Crippen LogP contribution in [0.3, 0.4) is 0 Å². The molecule has 0 unspecified atom stereocenters. The highest BCUT2D eigenvalue weighted by Crippen LogP contribution is 2.49. The monoisotopic (exact) mass is 236 g/mol. The highest BCUT2D eigenvalue weighted by molar-refractivity contribution is 7.54. The molecule has 15 heavy (non-hydrogen) atoms. The van der Waals surface area contributed by atoms with E-state index in [0.29, 0.717) is 5.57 Å². The molecule has 0 spiro atoms. The van der Waals surface area contributed by atoms with Crippen molar-refractivity contribution in [2.75, 3.05) is 19.4 Å². The molecule has 0 amide bonds. The van der Waals surface area contributed by atoms with E-state index in [1.54, 1.807) is 20.8 Å². The first-order valence-electron chi connectivity index (χ1n) is 4.71. The predicted octanol–water partition coefficient (Wildman–Crippen LogP) is 2.28. The van der Waals surface area contributed by atoms with E-state index >= 15 is 0 Å². The topological polar surface area (TPSA) is 72.8 Å². The third kappa shape index (κ3) is 6.44.